The van der Waals surface area contributed by atoms with Crippen molar-refractivity contribution in [2.45, 2.75) is 31.0 Å². The molecule has 1 aliphatic heterocycles. The third kappa shape index (κ3) is 4.46. The highest BCUT2D eigenvalue weighted by Gasteiger charge is 2.32. The van der Waals surface area contributed by atoms with E-state index in [2.05, 4.69) is 17.0 Å². The summed E-state index contributed by atoms with van der Waals surface area (Å²) in [6, 6.07) is 10.1. The normalized spacial score (nSPS) is 21.2. The van der Waals surface area contributed by atoms with Crippen molar-refractivity contribution < 1.29 is 10.2 Å². The Balaban J connectivity index is 1.84. The number of benzene rings is 1. The minimum atomic E-state index is -0.607. The molecule has 0 bridgehead atoms. The van der Waals surface area contributed by atoms with Gasteiger partial charge in [0.25, 0.3) is 0 Å². The van der Waals surface area contributed by atoms with Gasteiger partial charge in [-0.25, -0.2) is 0 Å². The van der Waals surface area contributed by atoms with Crippen molar-refractivity contribution in [3.8, 4) is 0 Å². The van der Waals surface area contributed by atoms with E-state index in [-0.39, 0.29) is 5.88 Å². The van der Waals surface area contributed by atoms with Gasteiger partial charge in [-0.15, -0.1) is 11.6 Å². The number of alkyl halides is 1. The standard InChI is InChI=1S/C15H22ClNO2/c16-11-14(18)12-17-8-6-15(19,7-9-17)10-13-4-2-1-3-5-13/h1-5,14,18-19H,6-12H2. The number of likely N-dealkylation sites (tertiary alicyclic amines) is 1. The summed E-state index contributed by atoms with van der Waals surface area (Å²) in [6.45, 7) is 2.24. The second-order valence-electron chi connectivity index (χ2n) is 5.50. The van der Waals surface area contributed by atoms with E-state index >= 15 is 0 Å². The lowest BCUT2D eigenvalue weighted by atomic mass is 9.85. The number of piperidine rings is 1. The molecule has 1 heterocycles. The van der Waals surface area contributed by atoms with E-state index in [0.29, 0.717) is 13.0 Å². The Morgan fingerprint density at radius 3 is 2.42 bits per heavy atom. The van der Waals surface area contributed by atoms with Crippen LogP contribution in [0.1, 0.15) is 18.4 Å². The number of hydrogen-bond acceptors (Lipinski definition) is 3. The van der Waals surface area contributed by atoms with Crippen LogP contribution in [0.4, 0.5) is 0 Å². The van der Waals surface area contributed by atoms with Crippen molar-refractivity contribution in [3.63, 3.8) is 0 Å². The molecule has 4 heteroatoms. The molecule has 0 spiro atoms. The average Bonchev–Trinajstić information content (AvgIpc) is 2.42. The molecule has 0 aliphatic carbocycles. The van der Waals surface area contributed by atoms with E-state index in [4.69, 9.17) is 11.6 Å². The zero-order chi connectivity index (χ0) is 13.7. The summed E-state index contributed by atoms with van der Waals surface area (Å²) in [5, 5.41) is 20.2. The van der Waals surface area contributed by atoms with Gasteiger partial charge in [-0.3, -0.25) is 0 Å². The van der Waals surface area contributed by atoms with Crippen LogP contribution in [0.2, 0.25) is 0 Å². The Hall–Kier alpha value is -0.610. The van der Waals surface area contributed by atoms with Crippen molar-refractivity contribution in [1.29, 1.82) is 0 Å². The van der Waals surface area contributed by atoms with Crippen molar-refractivity contribution in [3.05, 3.63) is 35.9 Å². The van der Waals surface area contributed by atoms with Gasteiger partial charge in [0.2, 0.25) is 0 Å². The van der Waals surface area contributed by atoms with Gasteiger partial charge in [0.1, 0.15) is 0 Å². The second-order valence-corrected chi connectivity index (χ2v) is 5.80. The molecule has 1 aromatic carbocycles. The fourth-order valence-corrected chi connectivity index (χ4v) is 2.75. The Bertz CT molecular complexity index is 377. The second kappa shape index (κ2) is 6.71. The maximum atomic E-state index is 10.6. The van der Waals surface area contributed by atoms with Crippen molar-refractivity contribution in [2.24, 2.45) is 0 Å². The lowest BCUT2D eigenvalue weighted by molar-refractivity contribution is -0.0278. The number of hydrogen-bond donors (Lipinski definition) is 2. The highest BCUT2D eigenvalue weighted by Crippen LogP contribution is 2.26. The summed E-state index contributed by atoms with van der Waals surface area (Å²) in [4.78, 5) is 2.17. The molecule has 1 saturated heterocycles. The predicted octanol–water partition coefficient (Wildman–Crippen LogP) is 1.66. The molecule has 19 heavy (non-hydrogen) atoms. The molecule has 1 aliphatic rings. The molecule has 0 saturated carbocycles. The van der Waals surface area contributed by atoms with Gasteiger partial charge in [-0.1, -0.05) is 30.3 Å². The van der Waals surface area contributed by atoms with Crippen LogP contribution in [0.25, 0.3) is 0 Å². The Labute approximate surface area is 119 Å². The minimum absolute atomic E-state index is 0.269. The number of β-amino-alcohol motifs (C(OH)–C–C–N with tert-alkyl or cyclic N) is 1. The molecule has 0 amide bonds. The molecule has 3 nitrogen and oxygen atoms in total. The number of aliphatic hydroxyl groups excluding tert-OH is 1. The first-order valence-corrected chi connectivity index (χ1v) is 7.37. The lowest BCUT2D eigenvalue weighted by Gasteiger charge is -2.38. The van der Waals surface area contributed by atoms with Gasteiger partial charge in [-0.05, 0) is 18.4 Å². The summed E-state index contributed by atoms with van der Waals surface area (Å²) >= 11 is 5.61. The van der Waals surface area contributed by atoms with Crippen molar-refractivity contribution in [2.75, 3.05) is 25.5 Å². The first-order valence-electron chi connectivity index (χ1n) is 6.84. The molecule has 0 radical (unpaired) electrons. The maximum absolute atomic E-state index is 10.6. The van der Waals surface area contributed by atoms with Crippen LogP contribution in [0.3, 0.4) is 0 Å². The molecular formula is C15H22ClNO2. The largest absolute Gasteiger partial charge is 0.391 e. The lowest BCUT2D eigenvalue weighted by Crippen LogP contribution is -2.47. The minimum Gasteiger partial charge on any atom is -0.391 e. The maximum Gasteiger partial charge on any atom is 0.0802 e. The summed E-state index contributed by atoms with van der Waals surface area (Å²) in [5.41, 5.74) is 0.572. The van der Waals surface area contributed by atoms with E-state index in [9.17, 15) is 10.2 Å². The first-order chi connectivity index (χ1) is 9.11. The van der Waals surface area contributed by atoms with E-state index in [1.807, 2.05) is 18.2 Å². The number of nitrogens with zero attached hydrogens (tertiary/aromatic N) is 1. The molecule has 106 valence electrons. The molecule has 1 fully saturated rings. The Kier molecular flexibility index (Phi) is 5.22. The van der Waals surface area contributed by atoms with Crippen LogP contribution < -0.4 is 0 Å². The van der Waals surface area contributed by atoms with Gasteiger partial charge >= 0.3 is 0 Å². The smallest absolute Gasteiger partial charge is 0.0802 e. The summed E-state index contributed by atoms with van der Waals surface area (Å²) < 4.78 is 0. The topological polar surface area (TPSA) is 43.7 Å². The van der Waals surface area contributed by atoms with Gasteiger partial charge < -0.3 is 15.1 Å². The summed E-state index contributed by atoms with van der Waals surface area (Å²) in [5.74, 6) is 0.269. The van der Waals surface area contributed by atoms with Crippen LogP contribution in [0.15, 0.2) is 30.3 Å². The van der Waals surface area contributed by atoms with Crippen LogP contribution >= 0.6 is 11.6 Å². The monoisotopic (exact) mass is 283 g/mol. The summed E-state index contributed by atoms with van der Waals surface area (Å²) in [6.07, 6.45) is 1.73. The van der Waals surface area contributed by atoms with Crippen LogP contribution in [0.5, 0.6) is 0 Å². The molecule has 2 rings (SSSR count). The van der Waals surface area contributed by atoms with E-state index in [0.717, 1.165) is 25.9 Å². The van der Waals surface area contributed by atoms with Crippen LogP contribution in [-0.4, -0.2) is 52.3 Å². The third-order valence-electron chi connectivity index (χ3n) is 3.81. The molecule has 1 atom stereocenters. The molecule has 2 N–H and O–H groups in total. The highest BCUT2D eigenvalue weighted by molar-refractivity contribution is 6.18. The number of aliphatic hydroxyl groups is 2. The van der Waals surface area contributed by atoms with Crippen LogP contribution in [-0.2, 0) is 6.42 Å². The van der Waals surface area contributed by atoms with E-state index < -0.39 is 11.7 Å². The van der Waals surface area contributed by atoms with Gasteiger partial charge in [0.15, 0.2) is 0 Å². The van der Waals surface area contributed by atoms with Crippen molar-refractivity contribution >= 4 is 11.6 Å². The number of halogens is 1. The van der Waals surface area contributed by atoms with E-state index in [1.54, 1.807) is 0 Å². The molecular weight excluding hydrogens is 262 g/mol. The summed E-state index contributed by atoms with van der Waals surface area (Å²) in [7, 11) is 0. The van der Waals surface area contributed by atoms with Gasteiger partial charge in [-0.2, -0.15) is 0 Å². The van der Waals surface area contributed by atoms with Gasteiger partial charge in [0.05, 0.1) is 11.7 Å². The van der Waals surface area contributed by atoms with Gasteiger partial charge in [0, 0.05) is 31.9 Å². The zero-order valence-corrected chi connectivity index (χ0v) is 11.9. The molecule has 0 aromatic heterocycles. The Morgan fingerprint density at radius 2 is 1.84 bits per heavy atom. The highest BCUT2D eigenvalue weighted by atomic mass is 35.5. The van der Waals surface area contributed by atoms with Crippen LogP contribution in [0, 0.1) is 0 Å². The average molecular weight is 284 g/mol. The fourth-order valence-electron chi connectivity index (χ4n) is 2.65. The fraction of sp³-hybridized carbons (Fsp3) is 0.600. The third-order valence-corrected chi connectivity index (χ3v) is 4.17. The number of rotatable bonds is 5. The quantitative estimate of drug-likeness (QED) is 0.808. The zero-order valence-electron chi connectivity index (χ0n) is 11.1. The predicted molar refractivity (Wildman–Crippen MR) is 77.5 cm³/mol. The Morgan fingerprint density at radius 1 is 1.21 bits per heavy atom. The van der Waals surface area contributed by atoms with Crippen molar-refractivity contribution in [1.82, 2.24) is 4.90 Å². The molecule has 1 unspecified atom stereocenters. The van der Waals surface area contributed by atoms with E-state index in [1.165, 1.54) is 5.56 Å². The SMILES string of the molecule is OC(CCl)CN1CCC(O)(Cc2ccccc2)CC1. The first kappa shape index (κ1) is 14.8. The molecule has 1 aromatic rings.